The summed E-state index contributed by atoms with van der Waals surface area (Å²) in [6.45, 7) is 7.63. The third-order valence-electron chi connectivity index (χ3n) is 5.41. The fourth-order valence-electron chi connectivity index (χ4n) is 3.67. The highest BCUT2D eigenvalue weighted by atomic mass is 16.1. The molecule has 1 saturated heterocycles. The summed E-state index contributed by atoms with van der Waals surface area (Å²) in [4.78, 5) is 27.2. The highest BCUT2D eigenvalue weighted by Gasteiger charge is 2.26. The number of aromatic amines is 1. The fraction of sp³-hybridized carbons (Fsp3) is 0.318. The van der Waals surface area contributed by atoms with Gasteiger partial charge in [-0.25, -0.2) is 9.97 Å². The number of H-pyrrole nitrogens is 1. The molecule has 1 atom stereocenters. The van der Waals surface area contributed by atoms with Gasteiger partial charge in [-0.1, -0.05) is 6.07 Å². The first-order valence-corrected chi connectivity index (χ1v) is 9.62. The minimum absolute atomic E-state index is 0.00601. The van der Waals surface area contributed by atoms with Crippen molar-refractivity contribution in [1.29, 1.82) is 0 Å². The molecule has 1 aliphatic rings. The van der Waals surface area contributed by atoms with E-state index in [0.717, 1.165) is 41.0 Å². The average molecular weight is 375 g/mol. The highest BCUT2D eigenvalue weighted by Crippen LogP contribution is 2.21. The van der Waals surface area contributed by atoms with E-state index in [0.29, 0.717) is 12.5 Å². The minimum Gasteiger partial charge on any atom is -0.360 e. The monoisotopic (exact) mass is 375 g/mol. The van der Waals surface area contributed by atoms with Crippen LogP contribution in [0.25, 0.3) is 11.4 Å². The van der Waals surface area contributed by atoms with E-state index >= 15 is 0 Å². The fourth-order valence-corrected chi connectivity index (χ4v) is 3.67. The van der Waals surface area contributed by atoms with Crippen LogP contribution >= 0.6 is 0 Å². The average Bonchev–Trinajstić information content (AvgIpc) is 3.37. The molecule has 3 heterocycles. The molecule has 1 unspecified atom stereocenters. The molecule has 0 aliphatic carbocycles. The first kappa shape index (κ1) is 18.2. The van der Waals surface area contributed by atoms with Crippen LogP contribution in [0.2, 0.25) is 0 Å². The summed E-state index contributed by atoms with van der Waals surface area (Å²) in [5, 5.41) is 3.18. The van der Waals surface area contributed by atoms with Gasteiger partial charge in [0, 0.05) is 37.1 Å². The van der Waals surface area contributed by atoms with Crippen LogP contribution in [0.5, 0.6) is 0 Å². The molecule has 0 spiro atoms. The Kier molecular flexibility index (Phi) is 4.86. The van der Waals surface area contributed by atoms with Gasteiger partial charge >= 0.3 is 0 Å². The summed E-state index contributed by atoms with van der Waals surface area (Å²) < 4.78 is 0. The molecule has 4 rings (SSSR count). The number of nitrogens with one attached hydrogen (secondary N) is 2. The van der Waals surface area contributed by atoms with Crippen molar-refractivity contribution in [1.82, 2.24) is 20.3 Å². The third-order valence-corrected chi connectivity index (χ3v) is 5.41. The summed E-state index contributed by atoms with van der Waals surface area (Å²) in [6.07, 6.45) is 4.54. The first-order chi connectivity index (χ1) is 13.5. The number of amides is 1. The van der Waals surface area contributed by atoms with Gasteiger partial charge in [0.15, 0.2) is 0 Å². The second-order valence-electron chi connectivity index (χ2n) is 7.48. The predicted octanol–water partition coefficient (Wildman–Crippen LogP) is 3.41. The maximum atomic E-state index is 12.8. The molecular weight excluding hydrogens is 350 g/mol. The van der Waals surface area contributed by atoms with Crippen LogP contribution in [0.15, 0.2) is 42.7 Å². The van der Waals surface area contributed by atoms with Gasteiger partial charge in [0.2, 0.25) is 5.95 Å². The third kappa shape index (κ3) is 3.63. The number of aromatic nitrogens is 3. The van der Waals surface area contributed by atoms with E-state index in [9.17, 15) is 4.79 Å². The summed E-state index contributed by atoms with van der Waals surface area (Å²) in [5.41, 5.74) is 5.95. The Labute approximate surface area is 165 Å². The second kappa shape index (κ2) is 7.46. The zero-order valence-electron chi connectivity index (χ0n) is 16.5. The normalized spacial score (nSPS) is 16.4. The smallest absolute Gasteiger partial charge is 0.251 e. The minimum atomic E-state index is -0.00601. The highest BCUT2D eigenvalue weighted by molar-refractivity contribution is 5.96. The van der Waals surface area contributed by atoms with E-state index < -0.39 is 0 Å². The van der Waals surface area contributed by atoms with Gasteiger partial charge in [-0.2, -0.15) is 0 Å². The Hall–Kier alpha value is -3.15. The van der Waals surface area contributed by atoms with Crippen LogP contribution < -0.4 is 10.2 Å². The lowest BCUT2D eigenvalue weighted by molar-refractivity contribution is 0.0939. The molecule has 144 valence electrons. The van der Waals surface area contributed by atoms with Gasteiger partial charge in [-0.3, -0.25) is 4.79 Å². The van der Waals surface area contributed by atoms with Crippen molar-refractivity contribution < 1.29 is 4.79 Å². The van der Waals surface area contributed by atoms with Crippen molar-refractivity contribution >= 4 is 11.9 Å². The number of hydrogen-bond acceptors (Lipinski definition) is 4. The molecule has 1 fully saturated rings. The van der Waals surface area contributed by atoms with Crippen molar-refractivity contribution in [2.45, 2.75) is 33.2 Å². The number of anilines is 1. The SMILES string of the molecule is Cc1cc(C)c(C(=O)NC2CCN(c3nccc(-c4ccc[nH]4)n3)C2)cc1C. The van der Waals surface area contributed by atoms with Crippen molar-refractivity contribution in [2.75, 3.05) is 18.0 Å². The Morgan fingerprint density at radius 2 is 2.00 bits per heavy atom. The maximum Gasteiger partial charge on any atom is 0.251 e. The molecule has 2 aromatic heterocycles. The summed E-state index contributed by atoms with van der Waals surface area (Å²) in [6, 6.07) is 9.98. The van der Waals surface area contributed by atoms with Gasteiger partial charge in [0.1, 0.15) is 0 Å². The molecule has 1 amide bonds. The van der Waals surface area contributed by atoms with E-state index in [1.54, 1.807) is 6.20 Å². The second-order valence-corrected chi connectivity index (χ2v) is 7.48. The van der Waals surface area contributed by atoms with Gasteiger partial charge in [0.05, 0.1) is 11.4 Å². The van der Waals surface area contributed by atoms with E-state index in [4.69, 9.17) is 0 Å². The Balaban J connectivity index is 1.44. The van der Waals surface area contributed by atoms with Gasteiger partial charge in [-0.15, -0.1) is 0 Å². The molecule has 28 heavy (non-hydrogen) atoms. The van der Waals surface area contributed by atoms with Crippen LogP contribution in [-0.2, 0) is 0 Å². The van der Waals surface area contributed by atoms with Crippen LogP contribution in [0.3, 0.4) is 0 Å². The van der Waals surface area contributed by atoms with Crippen LogP contribution in [0, 0.1) is 20.8 Å². The molecule has 6 heteroatoms. The van der Waals surface area contributed by atoms with Crippen LogP contribution in [0.4, 0.5) is 5.95 Å². The number of hydrogen-bond donors (Lipinski definition) is 2. The van der Waals surface area contributed by atoms with Crippen molar-refractivity contribution in [3.05, 3.63) is 65.0 Å². The topological polar surface area (TPSA) is 73.9 Å². The molecule has 0 radical (unpaired) electrons. The number of aryl methyl sites for hydroxylation is 3. The molecule has 1 aromatic carbocycles. The lowest BCUT2D eigenvalue weighted by atomic mass is 10.00. The Morgan fingerprint density at radius 1 is 1.18 bits per heavy atom. The molecule has 0 bridgehead atoms. The molecule has 2 N–H and O–H groups in total. The molecule has 0 saturated carbocycles. The summed E-state index contributed by atoms with van der Waals surface area (Å²) in [7, 11) is 0. The maximum absolute atomic E-state index is 12.8. The van der Waals surface area contributed by atoms with E-state index in [1.807, 2.05) is 44.3 Å². The standard InChI is InChI=1S/C22H25N5O/c1-14-11-16(3)18(12-15(14)2)21(28)25-17-7-10-27(13-17)22-24-9-6-20(26-22)19-5-4-8-23-19/h4-6,8-9,11-12,17,23H,7,10,13H2,1-3H3,(H,25,28). The lowest BCUT2D eigenvalue weighted by Gasteiger charge is -2.18. The first-order valence-electron chi connectivity index (χ1n) is 9.62. The molecule has 1 aliphatic heterocycles. The van der Waals surface area contributed by atoms with E-state index in [1.165, 1.54) is 5.56 Å². The van der Waals surface area contributed by atoms with Gasteiger partial charge in [-0.05, 0) is 68.1 Å². The zero-order chi connectivity index (χ0) is 19.7. The summed E-state index contributed by atoms with van der Waals surface area (Å²) >= 11 is 0. The van der Waals surface area contributed by atoms with Crippen molar-refractivity contribution in [3.63, 3.8) is 0 Å². The number of rotatable bonds is 4. The van der Waals surface area contributed by atoms with E-state index in [-0.39, 0.29) is 11.9 Å². The summed E-state index contributed by atoms with van der Waals surface area (Å²) in [5.74, 6) is 0.694. The molecule has 3 aromatic rings. The largest absolute Gasteiger partial charge is 0.360 e. The lowest BCUT2D eigenvalue weighted by Crippen LogP contribution is -2.37. The predicted molar refractivity (Wildman–Crippen MR) is 111 cm³/mol. The quantitative estimate of drug-likeness (QED) is 0.733. The van der Waals surface area contributed by atoms with E-state index in [2.05, 4.69) is 38.2 Å². The van der Waals surface area contributed by atoms with Gasteiger partial charge in [0.25, 0.3) is 5.91 Å². The number of benzene rings is 1. The van der Waals surface area contributed by atoms with Crippen LogP contribution in [0.1, 0.15) is 33.5 Å². The van der Waals surface area contributed by atoms with Gasteiger partial charge < -0.3 is 15.2 Å². The van der Waals surface area contributed by atoms with Crippen molar-refractivity contribution in [3.8, 4) is 11.4 Å². The van der Waals surface area contributed by atoms with Crippen LogP contribution in [-0.4, -0.2) is 40.0 Å². The Bertz CT molecular complexity index is 996. The van der Waals surface area contributed by atoms with Crippen molar-refractivity contribution in [2.24, 2.45) is 0 Å². The zero-order valence-corrected chi connectivity index (χ0v) is 16.5. The molecular formula is C22H25N5O. The molecule has 6 nitrogen and oxygen atoms in total. The number of carbonyl (C=O) groups excluding carboxylic acids is 1. The number of nitrogens with zero attached hydrogens (tertiary/aromatic N) is 3. The number of carbonyl (C=O) groups is 1. The Morgan fingerprint density at radius 3 is 2.79 bits per heavy atom.